The molecule has 0 spiro atoms. The SMILES string of the molecule is Cc1ccc(OCCc2nc3c(s2)CCCN3)cc1. The molecule has 0 unspecified atom stereocenters. The maximum atomic E-state index is 5.74. The number of thiazole rings is 1. The molecule has 0 aliphatic carbocycles. The van der Waals surface area contributed by atoms with Gasteiger partial charge in [0.1, 0.15) is 11.6 Å². The molecule has 0 amide bonds. The Hall–Kier alpha value is -1.55. The number of aromatic nitrogens is 1. The third-order valence-corrected chi connectivity index (χ3v) is 4.40. The second kappa shape index (κ2) is 5.61. The fourth-order valence-electron chi connectivity index (χ4n) is 2.16. The quantitative estimate of drug-likeness (QED) is 0.927. The Morgan fingerprint density at radius 1 is 1.32 bits per heavy atom. The molecule has 0 atom stereocenters. The van der Waals surface area contributed by atoms with Crippen molar-refractivity contribution in [2.45, 2.75) is 26.2 Å². The number of aryl methyl sites for hydroxylation is 2. The van der Waals surface area contributed by atoms with Crippen LogP contribution < -0.4 is 10.1 Å². The zero-order valence-corrected chi connectivity index (χ0v) is 11.9. The lowest BCUT2D eigenvalue weighted by molar-refractivity contribution is 0.322. The summed E-state index contributed by atoms with van der Waals surface area (Å²) in [7, 11) is 0. The van der Waals surface area contributed by atoms with Crippen molar-refractivity contribution in [3.8, 4) is 5.75 Å². The summed E-state index contributed by atoms with van der Waals surface area (Å²) >= 11 is 1.82. The van der Waals surface area contributed by atoms with E-state index in [9.17, 15) is 0 Å². The number of benzene rings is 1. The maximum absolute atomic E-state index is 5.74. The minimum absolute atomic E-state index is 0.690. The Labute approximate surface area is 117 Å². The Bertz CT molecular complexity index is 524. The lowest BCUT2D eigenvalue weighted by Gasteiger charge is -2.10. The third kappa shape index (κ3) is 3.07. The highest BCUT2D eigenvalue weighted by Gasteiger charge is 2.14. The highest BCUT2D eigenvalue weighted by atomic mass is 32.1. The highest BCUT2D eigenvalue weighted by Crippen LogP contribution is 2.27. The first-order chi connectivity index (χ1) is 9.31. The van der Waals surface area contributed by atoms with E-state index in [0.29, 0.717) is 6.61 Å². The normalized spacial score (nSPS) is 13.7. The van der Waals surface area contributed by atoms with Gasteiger partial charge in [-0.05, 0) is 31.9 Å². The van der Waals surface area contributed by atoms with E-state index in [1.54, 1.807) is 0 Å². The molecule has 0 radical (unpaired) electrons. The molecule has 2 aromatic rings. The molecule has 3 nitrogen and oxygen atoms in total. The van der Waals surface area contributed by atoms with E-state index in [2.05, 4.69) is 29.4 Å². The zero-order valence-electron chi connectivity index (χ0n) is 11.1. The molecule has 19 heavy (non-hydrogen) atoms. The van der Waals surface area contributed by atoms with Gasteiger partial charge in [-0.1, -0.05) is 17.7 Å². The first kappa shape index (κ1) is 12.5. The van der Waals surface area contributed by atoms with Gasteiger partial charge in [-0.3, -0.25) is 0 Å². The van der Waals surface area contributed by atoms with E-state index >= 15 is 0 Å². The minimum Gasteiger partial charge on any atom is -0.493 e. The monoisotopic (exact) mass is 274 g/mol. The lowest BCUT2D eigenvalue weighted by Crippen LogP contribution is -2.10. The van der Waals surface area contributed by atoms with Crippen molar-refractivity contribution >= 4 is 17.2 Å². The molecule has 0 saturated carbocycles. The summed E-state index contributed by atoms with van der Waals surface area (Å²) in [5.74, 6) is 2.03. The van der Waals surface area contributed by atoms with Gasteiger partial charge in [-0.15, -0.1) is 11.3 Å². The van der Waals surface area contributed by atoms with Crippen LogP contribution in [-0.4, -0.2) is 18.1 Å². The van der Waals surface area contributed by atoms with Crippen LogP contribution in [0.15, 0.2) is 24.3 Å². The number of nitrogens with zero attached hydrogens (tertiary/aromatic N) is 1. The van der Waals surface area contributed by atoms with Crippen molar-refractivity contribution in [1.82, 2.24) is 4.98 Å². The van der Waals surface area contributed by atoms with E-state index < -0.39 is 0 Å². The van der Waals surface area contributed by atoms with Crippen LogP contribution in [0.1, 0.15) is 21.9 Å². The molecule has 4 heteroatoms. The maximum Gasteiger partial charge on any atom is 0.140 e. The number of rotatable bonds is 4. The zero-order chi connectivity index (χ0) is 13.1. The second-order valence-corrected chi connectivity index (χ2v) is 5.99. The first-order valence-electron chi connectivity index (χ1n) is 6.73. The Balaban J connectivity index is 1.54. The number of fused-ring (bicyclic) bond motifs is 1. The average Bonchev–Trinajstić information content (AvgIpc) is 2.83. The molecule has 0 fully saturated rings. The summed E-state index contributed by atoms with van der Waals surface area (Å²) in [6.07, 6.45) is 3.26. The van der Waals surface area contributed by atoms with Crippen molar-refractivity contribution < 1.29 is 4.74 Å². The van der Waals surface area contributed by atoms with Gasteiger partial charge in [0, 0.05) is 17.8 Å². The number of ether oxygens (including phenoxy) is 1. The fourth-order valence-corrected chi connectivity index (χ4v) is 3.23. The van der Waals surface area contributed by atoms with Crippen LogP contribution in [0.3, 0.4) is 0 Å². The molecular formula is C15H18N2OS. The first-order valence-corrected chi connectivity index (χ1v) is 7.55. The molecular weight excluding hydrogens is 256 g/mol. The van der Waals surface area contributed by atoms with E-state index in [1.165, 1.54) is 28.3 Å². The predicted molar refractivity (Wildman–Crippen MR) is 79.3 cm³/mol. The fraction of sp³-hybridized carbons (Fsp3) is 0.400. The van der Waals surface area contributed by atoms with E-state index in [4.69, 9.17) is 4.74 Å². The van der Waals surface area contributed by atoms with Crippen LogP contribution in [0.4, 0.5) is 5.82 Å². The van der Waals surface area contributed by atoms with Crippen molar-refractivity contribution in [3.05, 3.63) is 39.7 Å². The molecule has 0 saturated heterocycles. The molecule has 1 aliphatic rings. The molecule has 0 bridgehead atoms. The number of hydrogen-bond donors (Lipinski definition) is 1. The summed E-state index contributed by atoms with van der Waals surface area (Å²) in [5.41, 5.74) is 1.26. The largest absolute Gasteiger partial charge is 0.493 e. The van der Waals surface area contributed by atoms with Crippen LogP contribution >= 0.6 is 11.3 Å². The lowest BCUT2D eigenvalue weighted by atomic mass is 10.2. The second-order valence-electron chi connectivity index (χ2n) is 4.82. The van der Waals surface area contributed by atoms with E-state index in [0.717, 1.165) is 24.5 Å². The van der Waals surface area contributed by atoms with Crippen LogP contribution in [0, 0.1) is 6.92 Å². The molecule has 1 N–H and O–H groups in total. The van der Waals surface area contributed by atoms with Crippen LogP contribution in [-0.2, 0) is 12.8 Å². The van der Waals surface area contributed by atoms with Gasteiger partial charge < -0.3 is 10.1 Å². The molecule has 100 valence electrons. The van der Waals surface area contributed by atoms with Gasteiger partial charge in [0.25, 0.3) is 0 Å². The molecule has 2 heterocycles. The number of nitrogens with one attached hydrogen (secondary N) is 1. The number of anilines is 1. The summed E-state index contributed by atoms with van der Waals surface area (Å²) < 4.78 is 5.74. The minimum atomic E-state index is 0.690. The number of hydrogen-bond acceptors (Lipinski definition) is 4. The van der Waals surface area contributed by atoms with Gasteiger partial charge >= 0.3 is 0 Å². The van der Waals surface area contributed by atoms with E-state index in [-0.39, 0.29) is 0 Å². The smallest absolute Gasteiger partial charge is 0.140 e. The molecule has 1 aromatic heterocycles. The van der Waals surface area contributed by atoms with Gasteiger partial charge in [0.15, 0.2) is 0 Å². The Morgan fingerprint density at radius 2 is 2.16 bits per heavy atom. The van der Waals surface area contributed by atoms with Gasteiger partial charge in [-0.2, -0.15) is 0 Å². The van der Waals surface area contributed by atoms with E-state index in [1.807, 2.05) is 23.5 Å². The average molecular weight is 274 g/mol. The van der Waals surface area contributed by atoms with Crippen molar-refractivity contribution in [2.24, 2.45) is 0 Å². The summed E-state index contributed by atoms with van der Waals surface area (Å²) in [6.45, 7) is 3.82. The summed E-state index contributed by atoms with van der Waals surface area (Å²) in [6, 6.07) is 8.18. The standard InChI is InChI=1S/C15H18N2OS/c1-11-4-6-12(7-5-11)18-10-8-14-17-15-13(19-14)3-2-9-16-15/h4-7,16H,2-3,8-10H2,1H3. The highest BCUT2D eigenvalue weighted by molar-refractivity contribution is 7.12. The van der Waals surface area contributed by atoms with Crippen molar-refractivity contribution in [1.29, 1.82) is 0 Å². The Morgan fingerprint density at radius 3 is 2.95 bits per heavy atom. The molecule has 1 aliphatic heterocycles. The Kier molecular flexibility index (Phi) is 3.69. The summed E-state index contributed by atoms with van der Waals surface area (Å²) in [5, 5.41) is 4.53. The molecule has 3 rings (SSSR count). The topological polar surface area (TPSA) is 34.1 Å². The van der Waals surface area contributed by atoms with Crippen molar-refractivity contribution in [2.75, 3.05) is 18.5 Å². The van der Waals surface area contributed by atoms with Crippen LogP contribution in [0.5, 0.6) is 5.75 Å². The molecule has 1 aromatic carbocycles. The van der Waals surface area contributed by atoms with Crippen LogP contribution in [0.25, 0.3) is 0 Å². The predicted octanol–water partition coefficient (Wildman–Crippen LogP) is 3.43. The summed E-state index contributed by atoms with van der Waals surface area (Å²) in [4.78, 5) is 6.02. The van der Waals surface area contributed by atoms with Gasteiger partial charge in [0.05, 0.1) is 11.6 Å². The van der Waals surface area contributed by atoms with Crippen LogP contribution in [0.2, 0.25) is 0 Å². The van der Waals surface area contributed by atoms with Gasteiger partial charge in [-0.25, -0.2) is 4.98 Å². The third-order valence-electron chi connectivity index (χ3n) is 3.22. The van der Waals surface area contributed by atoms with Gasteiger partial charge in [0.2, 0.25) is 0 Å². The van der Waals surface area contributed by atoms with Crippen molar-refractivity contribution in [3.63, 3.8) is 0 Å².